The Labute approximate surface area is 125 Å². The van der Waals surface area contributed by atoms with Crippen LogP contribution in [0.5, 0.6) is 0 Å². The fraction of sp³-hybridized carbons (Fsp3) is 0.0714. The van der Waals surface area contributed by atoms with Crippen molar-refractivity contribution in [3.8, 4) is 0 Å². The molecule has 2 aromatic carbocycles. The maximum atomic E-state index is 13.1. The summed E-state index contributed by atoms with van der Waals surface area (Å²) in [5.74, 6) is -2.90. The molecule has 0 saturated carbocycles. The molecule has 0 bridgehead atoms. The third-order valence-corrected chi connectivity index (χ3v) is 4.91. The standard InChI is InChI=1S/C14H9BrF2O2S/c15-10-3-1-2-4-14(10)20(19)8-13(18)9-5-6-11(16)12(17)7-9/h1-7H,8H2. The number of ketones is 1. The maximum Gasteiger partial charge on any atom is 0.175 e. The van der Waals surface area contributed by atoms with Gasteiger partial charge in [-0.3, -0.25) is 9.00 Å². The van der Waals surface area contributed by atoms with E-state index >= 15 is 0 Å². The summed E-state index contributed by atoms with van der Waals surface area (Å²) in [5.41, 5.74) is 0.00398. The van der Waals surface area contributed by atoms with Gasteiger partial charge in [-0.1, -0.05) is 12.1 Å². The Bertz CT molecular complexity index is 689. The summed E-state index contributed by atoms with van der Waals surface area (Å²) < 4.78 is 38.6. The first-order chi connectivity index (χ1) is 9.49. The molecule has 0 N–H and O–H groups in total. The van der Waals surface area contributed by atoms with Crippen LogP contribution in [-0.2, 0) is 10.8 Å². The lowest BCUT2D eigenvalue weighted by Gasteiger charge is -2.04. The smallest absolute Gasteiger partial charge is 0.175 e. The monoisotopic (exact) mass is 358 g/mol. The number of benzene rings is 2. The van der Waals surface area contributed by atoms with Gasteiger partial charge in [-0.2, -0.15) is 0 Å². The highest BCUT2D eigenvalue weighted by Gasteiger charge is 2.15. The summed E-state index contributed by atoms with van der Waals surface area (Å²) >= 11 is 3.25. The molecule has 20 heavy (non-hydrogen) atoms. The van der Waals surface area contributed by atoms with Crippen LogP contribution in [0.25, 0.3) is 0 Å². The Morgan fingerprint density at radius 1 is 1.10 bits per heavy atom. The summed E-state index contributed by atoms with van der Waals surface area (Å²) in [6, 6.07) is 9.70. The zero-order valence-electron chi connectivity index (χ0n) is 10.1. The van der Waals surface area contributed by atoms with E-state index in [2.05, 4.69) is 15.9 Å². The van der Waals surface area contributed by atoms with Crippen molar-refractivity contribution in [3.05, 3.63) is 64.1 Å². The van der Waals surface area contributed by atoms with Gasteiger partial charge in [-0.25, -0.2) is 8.78 Å². The number of hydrogen-bond acceptors (Lipinski definition) is 2. The largest absolute Gasteiger partial charge is 0.293 e. The average molecular weight is 359 g/mol. The lowest BCUT2D eigenvalue weighted by atomic mass is 10.1. The second kappa shape index (κ2) is 6.37. The van der Waals surface area contributed by atoms with E-state index in [1.54, 1.807) is 24.3 Å². The van der Waals surface area contributed by atoms with Crippen LogP contribution in [-0.4, -0.2) is 15.7 Å². The van der Waals surface area contributed by atoms with Crippen LogP contribution in [0.3, 0.4) is 0 Å². The minimum absolute atomic E-state index is 0.00398. The van der Waals surface area contributed by atoms with Crippen molar-refractivity contribution in [2.75, 3.05) is 5.75 Å². The third-order valence-electron chi connectivity index (χ3n) is 2.59. The highest BCUT2D eigenvalue weighted by molar-refractivity contribution is 9.10. The number of rotatable bonds is 4. The van der Waals surface area contributed by atoms with Crippen LogP contribution >= 0.6 is 15.9 Å². The molecule has 2 nitrogen and oxygen atoms in total. The topological polar surface area (TPSA) is 34.1 Å². The number of halogens is 3. The Morgan fingerprint density at radius 3 is 2.45 bits per heavy atom. The van der Waals surface area contributed by atoms with Gasteiger partial charge >= 0.3 is 0 Å². The molecule has 0 aliphatic carbocycles. The van der Waals surface area contributed by atoms with Crippen molar-refractivity contribution in [2.45, 2.75) is 4.90 Å². The predicted molar refractivity (Wildman–Crippen MR) is 76.1 cm³/mol. The molecule has 0 fully saturated rings. The van der Waals surface area contributed by atoms with E-state index in [1.807, 2.05) is 0 Å². The Hall–Kier alpha value is -1.40. The molecule has 0 aliphatic heterocycles. The van der Waals surface area contributed by atoms with Crippen LogP contribution in [0.1, 0.15) is 10.4 Å². The zero-order chi connectivity index (χ0) is 14.7. The van der Waals surface area contributed by atoms with Crippen LogP contribution in [0.4, 0.5) is 8.78 Å². The molecule has 2 rings (SSSR count). The average Bonchev–Trinajstić information content (AvgIpc) is 2.42. The molecule has 0 spiro atoms. The molecule has 6 heteroatoms. The number of hydrogen-bond donors (Lipinski definition) is 0. The highest BCUT2D eigenvalue weighted by atomic mass is 79.9. The zero-order valence-corrected chi connectivity index (χ0v) is 12.5. The van der Waals surface area contributed by atoms with E-state index in [0.29, 0.717) is 9.37 Å². The predicted octanol–water partition coefficient (Wildman–Crippen LogP) is 3.72. The maximum absolute atomic E-state index is 13.1. The van der Waals surface area contributed by atoms with Crippen LogP contribution in [0, 0.1) is 11.6 Å². The molecule has 0 radical (unpaired) electrons. The molecular weight excluding hydrogens is 350 g/mol. The summed E-state index contributed by atoms with van der Waals surface area (Å²) in [4.78, 5) is 12.4. The van der Waals surface area contributed by atoms with Gasteiger partial charge < -0.3 is 0 Å². The molecule has 2 aromatic rings. The Morgan fingerprint density at radius 2 is 1.80 bits per heavy atom. The van der Waals surface area contributed by atoms with Gasteiger partial charge in [0.1, 0.15) is 0 Å². The van der Waals surface area contributed by atoms with Gasteiger partial charge in [0, 0.05) is 10.0 Å². The molecule has 0 aliphatic rings. The van der Waals surface area contributed by atoms with Crippen molar-refractivity contribution in [1.29, 1.82) is 0 Å². The summed E-state index contributed by atoms with van der Waals surface area (Å²) in [7, 11) is -1.55. The van der Waals surface area contributed by atoms with E-state index in [0.717, 1.165) is 12.1 Å². The van der Waals surface area contributed by atoms with Crippen LogP contribution in [0.2, 0.25) is 0 Å². The van der Waals surface area contributed by atoms with E-state index in [4.69, 9.17) is 0 Å². The molecule has 1 atom stereocenters. The quantitative estimate of drug-likeness (QED) is 0.780. The highest BCUT2D eigenvalue weighted by Crippen LogP contribution is 2.20. The first kappa shape index (κ1) is 15.0. The summed E-state index contributed by atoms with van der Waals surface area (Å²) in [6.45, 7) is 0. The minimum atomic E-state index is -1.55. The van der Waals surface area contributed by atoms with Crippen LogP contribution < -0.4 is 0 Å². The fourth-order valence-electron chi connectivity index (χ4n) is 1.58. The lowest BCUT2D eigenvalue weighted by molar-refractivity contribution is 0.102. The first-order valence-electron chi connectivity index (χ1n) is 5.60. The second-order valence-corrected chi connectivity index (χ2v) is 6.25. The molecular formula is C14H9BrF2O2S. The minimum Gasteiger partial charge on any atom is -0.293 e. The van der Waals surface area contributed by atoms with E-state index in [9.17, 15) is 17.8 Å². The number of carbonyl (C=O) groups excluding carboxylic acids is 1. The van der Waals surface area contributed by atoms with E-state index in [-0.39, 0.29) is 11.3 Å². The SMILES string of the molecule is O=C(CS(=O)c1ccccc1Br)c1ccc(F)c(F)c1. The Kier molecular flexibility index (Phi) is 4.77. The fourth-order valence-corrected chi connectivity index (χ4v) is 3.48. The van der Waals surface area contributed by atoms with Crippen molar-refractivity contribution in [1.82, 2.24) is 0 Å². The molecule has 0 amide bonds. The second-order valence-electron chi connectivity index (χ2n) is 3.97. The van der Waals surface area contributed by atoms with E-state index in [1.165, 1.54) is 6.07 Å². The van der Waals surface area contributed by atoms with Crippen molar-refractivity contribution >= 4 is 32.5 Å². The number of carbonyl (C=O) groups is 1. The van der Waals surface area contributed by atoms with Gasteiger partial charge in [0.25, 0.3) is 0 Å². The van der Waals surface area contributed by atoms with E-state index < -0.39 is 28.2 Å². The number of Topliss-reactive ketones (excluding diaryl/α,β-unsaturated/α-hetero) is 1. The molecule has 0 heterocycles. The van der Waals surface area contributed by atoms with Gasteiger partial charge in [-0.05, 0) is 46.3 Å². The third kappa shape index (κ3) is 3.37. The Balaban J connectivity index is 2.17. The normalized spacial score (nSPS) is 12.2. The first-order valence-corrected chi connectivity index (χ1v) is 7.71. The van der Waals surface area contributed by atoms with Gasteiger partial charge in [-0.15, -0.1) is 0 Å². The van der Waals surface area contributed by atoms with Gasteiger partial charge in [0.2, 0.25) is 0 Å². The summed E-state index contributed by atoms with van der Waals surface area (Å²) in [6.07, 6.45) is 0. The molecule has 1 unspecified atom stereocenters. The lowest BCUT2D eigenvalue weighted by Crippen LogP contribution is -2.12. The molecule has 104 valence electrons. The van der Waals surface area contributed by atoms with Gasteiger partial charge in [0.05, 0.1) is 21.4 Å². The van der Waals surface area contributed by atoms with Crippen LogP contribution in [0.15, 0.2) is 51.8 Å². The van der Waals surface area contributed by atoms with Gasteiger partial charge in [0.15, 0.2) is 17.4 Å². The van der Waals surface area contributed by atoms with Crippen molar-refractivity contribution in [3.63, 3.8) is 0 Å². The summed E-state index contributed by atoms with van der Waals surface area (Å²) in [5, 5.41) is 0. The molecule has 0 saturated heterocycles. The molecule has 0 aromatic heterocycles. The van der Waals surface area contributed by atoms with Crippen molar-refractivity contribution < 1.29 is 17.8 Å². The van der Waals surface area contributed by atoms with Crippen molar-refractivity contribution in [2.24, 2.45) is 0 Å².